The van der Waals surface area contributed by atoms with Gasteiger partial charge < -0.3 is 10.1 Å². The van der Waals surface area contributed by atoms with Gasteiger partial charge in [-0.3, -0.25) is 4.79 Å². The highest BCUT2D eigenvalue weighted by molar-refractivity contribution is 6.44. The minimum Gasteiger partial charge on any atom is -0.494 e. The molecule has 0 saturated heterocycles. The monoisotopic (exact) mass is 323 g/mol. The van der Waals surface area contributed by atoms with Crippen LogP contribution in [-0.2, 0) is 0 Å². The second-order valence-electron chi connectivity index (χ2n) is 4.47. The van der Waals surface area contributed by atoms with Crippen molar-refractivity contribution >= 4 is 34.8 Å². The van der Waals surface area contributed by atoms with E-state index in [1.54, 1.807) is 36.4 Å². The summed E-state index contributed by atoms with van der Waals surface area (Å²) in [7, 11) is 0. The van der Waals surface area contributed by atoms with Gasteiger partial charge >= 0.3 is 0 Å². The Labute approximate surface area is 133 Å². The first-order valence-corrected chi connectivity index (χ1v) is 7.27. The van der Waals surface area contributed by atoms with Gasteiger partial charge in [0.2, 0.25) is 0 Å². The molecule has 110 valence electrons. The van der Waals surface area contributed by atoms with Gasteiger partial charge in [-0.15, -0.1) is 0 Å². The molecule has 0 saturated carbocycles. The van der Waals surface area contributed by atoms with Crippen molar-refractivity contribution in [3.8, 4) is 5.75 Å². The highest BCUT2D eigenvalue weighted by Crippen LogP contribution is 2.30. The first-order valence-electron chi connectivity index (χ1n) is 6.51. The Morgan fingerprint density at radius 1 is 1.24 bits per heavy atom. The molecule has 0 aliphatic carbocycles. The summed E-state index contributed by atoms with van der Waals surface area (Å²) >= 11 is 12.0. The van der Waals surface area contributed by atoms with Crippen LogP contribution < -0.4 is 10.1 Å². The topological polar surface area (TPSA) is 38.3 Å². The van der Waals surface area contributed by atoms with Gasteiger partial charge in [0.1, 0.15) is 5.75 Å². The first-order chi connectivity index (χ1) is 10.0. The first kappa shape index (κ1) is 15.7. The third-order valence-electron chi connectivity index (χ3n) is 2.94. The van der Waals surface area contributed by atoms with E-state index in [-0.39, 0.29) is 5.91 Å². The molecule has 0 atom stereocenters. The number of hydrogen-bond acceptors (Lipinski definition) is 2. The summed E-state index contributed by atoms with van der Waals surface area (Å²) in [6.07, 6.45) is 0. The van der Waals surface area contributed by atoms with Crippen molar-refractivity contribution in [1.82, 2.24) is 0 Å². The van der Waals surface area contributed by atoms with Crippen molar-refractivity contribution in [3.05, 3.63) is 57.6 Å². The summed E-state index contributed by atoms with van der Waals surface area (Å²) < 4.78 is 5.45. The smallest absolute Gasteiger partial charge is 0.255 e. The molecule has 2 aromatic carbocycles. The molecule has 0 bridgehead atoms. The van der Waals surface area contributed by atoms with E-state index < -0.39 is 0 Å². The van der Waals surface area contributed by atoms with Crippen LogP contribution in [0, 0.1) is 6.92 Å². The molecule has 1 N–H and O–H groups in total. The van der Waals surface area contributed by atoms with Crippen LogP contribution >= 0.6 is 23.2 Å². The number of rotatable bonds is 4. The molecule has 0 spiro atoms. The Hall–Kier alpha value is -1.71. The molecule has 0 aliphatic heterocycles. The number of ether oxygens (including phenoxy) is 1. The lowest BCUT2D eigenvalue weighted by Gasteiger charge is -2.11. The van der Waals surface area contributed by atoms with Gasteiger partial charge in [-0.2, -0.15) is 0 Å². The van der Waals surface area contributed by atoms with Crippen LogP contribution in [0.2, 0.25) is 10.0 Å². The largest absolute Gasteiger partial charge is 0.494 e. The van der Waals surface area contributed by atoms with Crippen LogP contribution in [0.25, 0.3) is 0 Å². The molecule has 0 radical (unpaired) electrons. The van der Waals surface area contributed by atoms with Crippen molar-refractivity contribution in [2.75, 3.05) is 11.9 Å². The molecule has 0 fully saturated rings. The molecule has 0 unspecified atom stereocenters. The zero-order chi connectivity index (χ0) is 15.4. The van der Waals surface area contributed by atoms with Crippen molar-refractivity contribution in [3.63, 3.8) is 0 Å². The Morgan fingerprint density at radius 3 is 2.67 bits per heavy atom. The van der Waals surface area contributed by atoms with E-state index in [1.165, 1.54) is 0 Å². The van der Waals surface area contributed by atoms with Gasteiger partial charge in [0.05, 0.1) is 22.3 Å². The van der Waals surface area contributed by atoms with Gasteiger partial charge in [-0.1, -0.05) is 29.3 Å². The minimum absolute atomic E-state index is 0.245. The molecular weight excluding hydrogens is 309 g/mol. The van der Waals surface area contributed by atoms with E-state index in [0.717, 1.165) is 11.3 Å². The number of carbonyl (C=O) groups is 1. The van der Waals surface area contributed by atoms with E-state index in [4.69, 9.17) is 27.9 Å². The normalized spacial score (nSPS) is 10.3. The van der Waals surface area contributed by atoms with Crippen LogP contribution in [-0.4, -0.2) is 12.5 Å². The fourth-order valence-electron chi connectivity index (χ4n) is 1.90. The number of benzene rings is 2. The van der Waals surface area contributed by atoms with E-state index in [0.29, 0.717) is 27.9 Å². The summed E-state index contributed by atoms with van der Waals surface area (Å²) in [5.41, 5.74) is 1.93. The summed E-state index contributed by atoms with van der Waals surface area (Å²) in [6.45, 7) is 4.40. The fourth-order valence-corrected chi connectivity index (χ4v) is 2.25. The summed E-state index contributed by atoms with van der Waals surface area (Å²) in [5.74, 6) is 0.528. The Kier molecular flexibility index (Phi) is 5.10. The second-order valence-corrected chi connectivity index (χ2v) is 5.25. The van der Waals surface area contributed by atoms with E-state index in [1.807, 2.05) is 13.8 Å². The molecule has 21 heavy (non-hydrogen) atoms. The summed E-state index contributed by atoms with van der Waals surface area (Å²) in [6, 6.07) is 10.4. The zero-order valence-corrected chi connectivity index (χ0v) is 13.3. The van der Waals surface area contributed by atoms with Crippen molar-refractivity contribution in [1.29, 1.82) is 0 Å². The number of carbonyl (C=O) groups excluding carboxylic acids is 1. The fraction of sp³-hybridized carbons (Fsp3) is 0.188. The average molecular weight is 324 g/mol. The molecule has 1 amide bonds. The molecule has 2 rings (SSSR count). The minimum atomic E-state index is -0.245. The molecule has 0 aliphatic rings. The molecule has 5 heteroatoms. The van der Waals surface area contributed by atoms with E-state index in [2.05, 4.69) is 5.32 Å². The van der Waals surface area contributed by atoms with Crippen LogP contribution in [0.3, 0.4) is 0 Å². The van der Waals surface area contributed by atoms with E-state index in [9.17, 15) is 4.79 Å². The number of anilines is 1. The van der Waals surface area contributed by atoms with Gasteiger partial charge in [0.15, 0.2) is 0 Å². The summed E-state index contributed by atoms with van der Waals surface area (Å²) in [4.78, 5) is 12.2. The van der Waals surface area contributed by atoms with Gasteiger partial charge in [-0.05, 0) is 49.7 Å². The number of hydrogen-bond donors (Lipinski definition) is 1. The van der Waals surface area contributed by atoms with Gasteiger partial charge in [0.25, 0.3) is 5.91 Å². The average Bonchev–Trinajstić information content (AvgIpc) is 2.46. The number of halogens is 2. The van der Waals surface area contributed by atoms with Crippen LogP contribution in [0.5, 0.6) is 5.75 Å². The quantitative estimate of drug-likeness (QED) is 0.864. The molecule has 0 aromatic heterocycles. The lowest BCUT2D eigenvalue weighted by atomic mass is 10.1. The lowest BCUT2D eigenvalue weighted by Crippen LogP contribution is -2.12. The van der Waals surface area contributed by atoms with Crippen molar-refractivity contribution < 1.29 is 9.53 Å². The predicted octanol–water partition coefficient (Wildman–Crippen LogP) is 4.95. The van der Waals surface area contributed by atoms with Crippen molar-refractivity contribution in [2.24, 2.45) is 0 Å². The maximum absolute atomic E-state index is 12.2. The number of nitrogens with one attached hydrogen (secondary N) is 1. The molecule has 3 nitrogen and oxygen atoms in total. The SMILES string of the molecule is CCOc1ccc(C(=O)Nc2cccc(Cl)c2Cl)cc1C. The van der Waals surface area contributed by atoms with Crippen LogP contribution in [0.4, 0.5) is 5.69 Å². The Bertz CT molecular complexity index is 671. The predicted molar refractivity (Wildman–Crippen MR) is 86.8 cm³/mol. The molecule has 2 aromatic rings. The third-order valence-corrected chi connectivity index (χ3v) is 3.76. The van der Waals surface area contributed by atoms with E-state index >= 15 is 0 Å². The second kappa shape index (κ2) is 6.83. The Balaban J connectivity index is 2.21. The third kappa shape index (κ3) is 3.69. The Morgan fingerprint density at radius 2 is 2.00 bits per heavy atom. The highest BCUT2D eigenvalue weighted by Gasteiger charge is 2.11. The van der Waals surface area contributed by atoms with Gasteiger partial charge in [-0.25, -0.2) is 0 Å². The maximum Gasteiger partial charge on any atom is 0.255 e. The zero-order valence-electron chi connectivity index (χ0n) is 11.7. The lowest BCUT2D eigenvalue weighted by molar-refractivity contribution is 0.102. The van der Waals surface area contributed by atoms with Crippen LogP contribution in [0.15, 0.2) is 36.4 Å². The maximum atomic E-state index is 12.2. The highest BCUT2D eigenvalue weighted by atomic mass is 35.5. The summed E-state index contributed by atoms with van der Waals surface area (Å²) in [5, 5.41) is 3.48. The van der Waals surface area contributed by atoms with Crippen LogP contribution in [0.1, 0.15) is 22.8 Å². The standard InChI is InChI=1S/C16H15Cl2NO2/c1-3-21-14-8-7-11(9-10(14)2)16(20)19-13-6-4-5-12(17)15(13)18/h4-9H,3H2,1-2H3,(H,19,20). The van der Waals surface area contributed by atoms with Gasteiger partial charge in [0, 0.05) is 5.56 Å². The number of aryl methyl sites for hydroxylation is 1. The molecular formula is C16H15Cl2NO2. The van der Waals surface area contributed by atoms with Crippen molar-refractivity contribution in [2.45, 2.75) is 13.8 Å². The molecule has 0 heterocycles. The number of amides is 1.